The van der Waals surface area contributed by atoms with E-state index in [9.17, 15) is 4.39 Å². The quantitative estimate of drug-likeness (QED) is 0.345. The summed E-state index contributed by atoms with van der Waals surface area (Å²) in [7, 11) is 0. The molecule has 0 aliphatic heterocycles. The van der Waals surface area contributed by atoms with Crippen molar-refractivity contribution in [3.05, 3.63) is 125 Å². The number of rotatable bonds is 4. The molecule has 1 aromatic heterocycles. The van der Waals surface area contributed by atoms with E-state index in [-0.39, 0.29) is 5.82 Å². The highest BCUT2D eigenvalue weighted by atomic mass is 19.1. The van der Waals surface area contributed by atoms with Gasteiger partial charge >= 0.3 is 0 Å². The minimum absolute atomic E-state index is 0.306. The average Bonchev–Trinajstić information content (AvgIpc) is 2.93. The molecule has 0 bridgehead atoms. The molecule has 168 valence electrons. The van der Waals surface area contributed by atoms with Gasteiger partial charge in [-0.25, -0.2) is 19.3 Å². The van der Waals surface area contributed by atoms with Crippen molar-refractivity contribution in [1.82, 2.24) is 15.0 Å². The first kappa shape index (κ1) is 21.1. The van der Waals surface area contributed by atoms with Gasteiger partial charge in [0, 0.05) is 16.7 Å². The third-order valence-corrected chi connectivity index (χ3v) is 6.25. The van der Waals surface area contributed by atoms with Crippen molar-refractivity contribution in [2.45, 2.75) is 12.8 Å². The first-order valence-electron chi connectivity index (χ1n) is 11.7. The van der Waals surface area contributed by atoms with Crippen LogP contribution in [0.15, 0.2) is 103 Å². The molecule has 0 amide bonds. The van der Waals surface area contributed by atoms with E-state index in [0.717, 1.165) is 40.3 Å². The van der Waals surface area contributed by atoms with Gasteiger partial charge in [0.1, 0.15) is 5.82 Å². The maximum Gasteiger partial charge on any atom is 0.164 e. The largest absolute Gasteiger partial charge is 0.208 e. The Morgan fingerprint density at radius 2 is 1.09 bits per heavy atom. The Bertz CT molecular complexity index is 1590. The van der Waals surface area contributed by atoms with Gasteiger partial charge in [0.25, 0.3) is 0 Å². The van der Waals surface area contributed by atoms with Crippen LogP contribution in [0.3, 0.4) is 0 Å². The van der Waals surface area contributed by atoms with Crippen LogP contribution in [0.5, 0.6) is 0 Å². The molecule has 1 heterocycles. The van der Waals surface area contributed by atoms with Crippen molar-refractivity contribution >= 4 is 11.6 Å². The third-order valence-electron chi connectivity index (χ3n) is 6.25. The first-order chi connectivity index (χ1) is 17.2. The molecule has 3 nitrogen and oxygen atoms in total. The lowest BCUT2D eigenvalue weighted by atomic mass is 9.92. The molecule has 0 unspecified atom stereocenters. The Balaban J connectivity index is 1.56. The van der Waals surface area contributed by atoms with Crippen molar-refractivity contribution < 1.29 is 4.39 Å². The van der Waals surface area contributed by atoms with Gasteiger partial charge in [0.05, 0.1) is 0 Å². The molecule has 0 N–H and O–H groups in total. The lowest BCUT2D eigenvalue weighted by Gasteiger charge is -2.14. The summed E-state index contributed by atoms with van der Waals surface area (Å²) < 4.78 is 15.0. The van der Waals surface area contributed by atoms with E-state index in [0.29, 0.717) is 23.0 Å². The summed E-state index contributed by atoms with van der Waals surface area (Å²) >= 11 is 0. The normalized spacial score (nSPS) is 12.7. The summed E-state index contributed by atoms with van der Waals surface area (Å²) in [5.74, 6) is 1.27. The van der Waals surface area contributed by atoms with E-state index in [1.165, 1.54) is 11.3 Å². The third kappa shape index (κ3) is 4.26. The Morgan fingerprint density at radius 3 is 1.74 bits per heavy atom. The van der Waals surface area contributed by atoms with Crippen LogP contribution in [0, 0.1) is 5.82 Å². The molecule has 0 atom stereocenters. The molecule has 4 heteroatoms. The SMILES string of the molecule is Fc1cc(C2=c3ccccc3=CCC2)cc(-c2nc(-c3ccccc3)nc(-c3ccccc3)n2)c1. The van der Waals surface area contributed by atoms with Crippen molar-refractivity contribution in [2.24, 2.45) is 0 Å². The lowest BCUT2D eigenvalue weighted by Crippen LogP contribution is -2.29. The fraction of sp³-hybridized carbons (Fsp3) is 0.0645. The summed E-state index contributed by atoms with van der Waals surface area (Å²) in [6, 6.07) is 33.0. The average molecular weight is 456 g/mol. The Hall–Kier alpha value is -4.44. The summed E-state index contributed by atoms with van der Waals surface area (Å²) in [6.45, 7) is 0. The van der Waals surface area contributed by atoms with E-state index in [2.05, 4.69) is 18.2 Å². The summed E-state index contributed by atoms with van der Waals surface area (Å²) in [6.07, 6.45) is 4.03. The second-order valence-corrected chi connectivity index (χ2v) is 8.58. The van der Waals surface area contributed by atoms with Crippen LogP contribution in [0.2, 0.25) is 0 Å². The predicted octanol–water partition coefficient (Wildman–Crippen LogP) is 5.79. The van der Waals surface area contributed by atoms with Crippen LogP contribution < -0.4 is 10.4 Å². The molecule has 35 heavy (non-hydrogen) atoms. The molecule has 0 radical (unpaired) electrons. The van der Waals surface area contributed by atoms with Crippen molar-refractivity contribution in [3.63, 3.8) is 0 Å². The van der Waals surface area contributed by atoms with Gasteiger partial charge in [0.2, 0.25) is 0 Å². The van der Waals surface area contributed by atoms with Gasteiger partial charge in [-0.1, -0.05) is 91.0 Å². The van der Waals surface area contributed by atoms with Crippen LogP contribution in [0.1, 0.15) is 18.4 Å². The number of halogens is 1. The van der Waals surface area contributed by atoms with Crippen LogP contribution >= 0.6 is 0 Å². The topological polar surface area (TPSA) is 38.7 Å². The fourth-order valence-corrected chi connectivity index (χ4v) is 4.59. The molecule has 0 spiro atoms. The van der Waals surface area contributed by atoms with Gasteiger partial charge in [-0.15, -0.1) is 0 Å². The number of aromatic nitrogens is 3. The van der Waals surface area contributed by atoms with E-state index >= 15 is 0 Å². The number of hydrogen-bond acceptors (Lipinski definition) is 3. The molecule has 4 aromatic carbocycles. The molecule has 0 fully saturated rings. The van der Waals surface area contributed by atoms with E-state index in [1.807, 2.05) is 78.9 Å². The van der Waals surface area contributed by atoms with E-state index in [1.54, 1.807) is 6.07 Å². The van der Waals surface area contributed by atoms with Crippen molar-refractivity contribution in [3.8, 4) is 34.2 Å². The molecular weight excluding hydrogens is 433 g/mol. The number of benzene rings is 4. The molecule has 1 aliphatic carbocycles. The predicted molar refractivity (Wildman–Crippen MR) is 138 cm³/mol. The Kier molecular flexibility index (Phi) is 5.47. The highest BCUT2D eigenvalue weighted by Gasteiger charge is 2.15. The molecule has 5 aromatic rings. The first-order valence-corrected chi connectivity index (χ1v) is 11.7. The van der Waals surface area contributed by atoms with E-state index < -0.39 is 0 Å². The second kappa shape index (κ2) is 9.07. The molecule has 1 aliphatic rings. The Morgan fingerprint density at radius 1 is 0.543 bits per heavy atom. The highest BCUT2D eigenvalue weighted by molar-refractivity contribution is 5.73. The zero-order chi connectivity index (χ0) is 23.6. The maximum absolute atomic E-state index is 15.0. The smallest absolute Gasteiger partial charge is 0.164 e. The van der Waals surface area contributed by atoms with E-state index in [4.69, 9.17) is 15.0 Å². The van der Waals surface area contributed by atoms with Crippen LogP contribution in [0.4, 0.5) is 4.39 Å². The van der Waals surface area contributed by atoms with Crippen molar-refractivity contribution in [1.29, 1.82) is 0 Å². The summed E-state index contributed by atoms with van der Waals surface area (Å²) in [5, 5.41) is 2.35. The zero-order valence-corrected chi connectivity index (χ0v) is 19.0. The van der Waals surface area contributed by atoms with Crippen LogP contribution in [0.25, 0.3) is 45.8 Å². The van der Waals surface area contributed by atoms with Crippen molar-refractivity contribution in [2.75, 3.05) is 0 Å². The molecule has 0 saturated heterocycles. The molecular formula is C31H22FN3. The highest BCUT2D eigenvalue weighted by Crippen LogP contribution is 2.28. The van der Waals surface area contributed by atoms with Gasteiger partial charge in [0.15, 0.2) is 17.5 Å². The van der Waals surface area contributed by atoms with Crippen LogP contribution in [-0.4, -0.2) is 15.0 Å². The Labute approximate surface area is 203 Å². The maximum atomic E-state index is 15.0. The molecule has 0 saturated carbocycles. The van der Waals surface area contributed by atoms with Gasteiger partial charge < -0.3 is 0 Å². The number of nitrogens with zero attached hydrogens (tertiary/aromatic N) is 3. The summed E-state index contributed by atoms with van der Waals surface area (Å²) in [4.78, 5) is 14.3. The monoisotopic (exact) mass is 455 g/mol. The van der Waals surface area contributed by atoms with Gasteiger partial charge in [-0.05, 0) is 52.6 Å². The fourth-order valence-electron chi connectivity index (χ4n) is 4.59. The van der Waals surface area contributed by atoms with Gasteiger partial charge in [-0.3, -0.25) is 0 Å². The standard InChI is InChI=1S/C31H22FN3/c32-26-19-24(28-17-9-15-21-10-7-8-16-27(21)28)18-25(20-26)31-34-29(22-11-3-1-4-12-22)33-30(35-31)23-13-5-2-6-14-23/h1-8,10-16,18-20H,9,17H2. The number of hydrogen-bond donors (Lipinski definition) is 0. The lowest BCUT2D eigenvalue weighted by molar-refractivity contribution is 0.627. The second-order valence-electron chi connectivity index (χ2n) is 8.58. The summed E-state index contributed by atoms with van der Waals surface area (Å²) in [5.41, 5.74) is 4.41. The molecule has 6 rings (SSSR count). The minimum Gasteiger partial charge on any atom is -0.208 e. The number of fused-ring (bicyclic) bond motifs is 1. The zero-order valence-electron chi connectivity index (χ0n) is 19.0. The van der Waals surface area contributed by atoms with Crippen LogP contribution in [-0.2, 0) is 0 Å². The minimum atomic E-state index is -0.306. The van der Waals surface area contributed by atoms with Gasteiger partial charge in [-0.2, -0.15) is 0 Å².